The van der Waals surface area contributed by atoms with Gasteiger partial charge in [0.1, 0.15) is 5.75 Å². The number of piperazine rings is 1. The van der Waals surface area contributed by atoms with Gasteiger partial charge in [-0.25, -0.2) is 14.9 Å². The average Bonchev–Trinajstić information content (AvgIpc) is 2.40. The molecule has 1 aromatic carbocycles. The molecule has 0 aromatic heterocycles. The van der Waals surface area contributed by atoms with Crippen molar-refractivity contribution < 1.29 is 14.6 Å². The zero-order chi connectivity index (χ0) is 13.0. The summed E-state index contributed by atoms with van der Waals surface area (Å²) in [4.78, 5) is 23.7. The Morgan fingerprint density at radius 3 is 2.33 bits per heavy atom. The van der Waals surface area contributed by atoms with Crippen LogP contribution in [0.3, 0.4) is 0 Å². The van der Waals surface area contributed by atoms with Crippen LogP contribution in [-0.2, 0) is 0 Å². The second-order valence-electron chi connectivity index (χ2n) is 3.86. The van der Waals surface area contributed by atoms with Crippen LogP contribution in [0, 0.1) is 10.1 Å². The van der Waals surface area contributed by atoms with Crippen molar-refractivity contribution >= 4 is 6.09 Å². The maximum absolute atomic E-state index is 11.8. The van der Waals surface area contributed by atoms with Gasteiger partial charge in [0.25, 0.3) is 0 Å². The van der Waals surface area contributed by atoms with E-state index in [1.807, 2.05) is 6.07 Å². The Hall–Kier alpha value is -2.31. The number of para-hydroxylation sites is 1. The summed E-state index contributed by atoms with van der Waals surface area (Å²) in [7, 11) is 0. The summed E-state index contributed by atoms with van der Waals surface area (Å²) in [6.07, 6.45) is -0.468. The molecule has 7 nitrogen and oxygen atoms in total. The molecular formula is C11H13N3O4. The number of nitrogens with zero attached hydrogens (tertiary/aromatic N) is 3. The molecule has 1 amide bonds. The third kappa shape index (κ3) is 2.88. The largest absolute Gasteiger partial charge is 0.415 e. The number of carbonyl (C=O) groups excluding carboxylic acids is 1. The van der Waals surface area contributed by atoms with E-state index in [2.05, 4.69) is 0 Å². The molecular weight excluding hydrogens is 238 g/mol. The summed E-state index contributed by atoms with van der Waals surface area (Å²) in [5.41, 5.74) is 0. The van der Waals surface area contributed by atoms with Crippen LogP contribution >= 0.6 is 0 Å². The molecule has 0 atom stereocenters. The Balaban J connectivity index is 1.86. The first-order chi connectivity index (χ1) is 8.66. The Bertz CT molecular complexity index is 429. The van der Waals surface area contributed by atoms with Crippen molar-refractivity contribution in [2.24, 2.45) is 0 Å². The van der Waals surface area contributed by atoms with Gasteiger partial charge in [-0.1, -0.05) is 18.2 Å². The first-order valence-corrected chi connectivity index (χ1v) is 5.58. The van der Waals surface area contributed by atoms with Gasteiger partial charge in [0.05, 0.1) is 13.1 Å². The van der Waals surface area contributed by atoms with E-state index >= 15 is 0 Å². The lowest BCUT2D eigenvalue weighted by atomic mass is 10.3. The topological polar surface area (TPSA) is 75.9 Å². The van der Waals surface area contributed by atoms with Gasteiger partial charge in [-0.05, 0) is 12.1 Å². The second-order valence-corrected chi connectivity index (χ2v) is 3.86. The molecule has 0 saturated carbocycles. The number of carbonyl (C=O) groups is 1. The highest BCUT2D eigenvalue weighted by Gasteiger charge is 2.26. The summed E-state index contributed by atoms with van der Waals surface area (Å²) in [6.45, 7) is 1.03. The predicted molar refractivity (Wildman–Crippen MR) is 62.6 cm³/mol. The fourth-order valence-electron chi connectivity index (χ4n) is 1.70. The minimum absolute atomic E-state index is 0.219. The Labute approximate surface area is 104 Å². The number of hydrazine groups is 1. The number of rotatable bonds is 2. The van der Waals surface area contributed by atoms with Crippen LogP contribution in [0.25, 0.3) is 0 Å². The van der Waals surface area contributed by atoms with Gasteiger partial charge < -0.3 is 9.64 Å². The van der Waals surface area contributed by atoms with Crippen molar-refractivity contribution in [2.75, 3.05) is 26.2 Å². The van der Waals surface area contributed by atoms with E-state index < -0.39 is 11.1 Å². The van der Waals surface area contributed by atoms with E-state index in [9.17, 15) is 14.9 Å². The molecule has 2 rings (SSSR count). The van der Waals surface area contributed by atoms with Crippen LogP contribution in [0.4, 0.5) is 4.79 Å². The summed E-state index contributed by atoms with van der Waals surface area (Å²) in [6, 6.07) is 8.74. The molecule has 1 saturated heterocycles. The molecule has 0 radical (unpaired) electrons. The third-order valence-corrected chi connectivity index (χ3v) is 2.69. The first kappa shape index (κ1) is 12.2. The molecule has 0 aliphatic carbocycles. The average molecular weight is 251 g/mol. The summed E-state index contributed by atoms with van der Waals surface area (Å²) in [5.74, 6) is 0.471. The monoisotopic (exact) mass is 251 g/mol. The molecule has 1 aliphatic heterocycles. The van der Waals surface area contributed by atoms with Gasteiger partial charge in [-0.15, -0.1) is 5.01 Å². The number of amides is 1. The lowest BCUT2D eigenvalue weighted by Crippen LogP contribution is -2.51. The molecule has 1 fully saturated rings. The van der Waals surface area contributed by atoms with Gasteiger partial charge in [0.15, 0.2) is 5.03 Å². The summed E-state index contributed by atoms with van der Waals surface area (Å²) >= 11 is 0. The van der Waals surface area contributed by atoms with Crippen molar-refractivity contribution in [3.05, 3.63) is 40.4 Å². The maximum atomic E-state index is 11.8. The van der Waals surface area contributed by atoms with E-state index in [4.69, 9.17) is 4.74 Å². The predicted octanol–water partition coefficient (Wildman–Crippen LogP) is 0.995. The standard InChI is InChI=1S/C11H13N3O4/c15-11(18-10-4-2-1-3-5-10)12-6-8-13(9-7-12)14(16)17/h1-5H,6-9H2. The lowest BCUT2D eigenvalue weighted by Gasteiger charge is -2.29. The fraction of sp³-hybridized carbons (Fsp3) is 0.364. The molecule has 0 unspecified atom stereocenters. The smallest absolute Gasteiger partial charge is 0.410 e. The lowest BCUT2D eigenvalue weighted by molar-refractivity contribution is -0.657. The normalized spacial score (nSPS) is 15.3. The zero-order valence-corrected chi connectivity index (χ0v) is 9.69. The molecule has 1 heterocycles. The Morgan fingerprint density at radius 2 is 1.78 bits per heavy atom. The van der Waals surface area contributed by atoms with E-state index in [1.165, 1.54) is 4.90 Å². The van der Waals surface area contributed by atoms with Gasteiger partial charge in [-0.2, -0.15) is 0 Å². The minimum atomic E-state index is -0.468. The quantitative estimate of drug-likeness (QED) is 0.578. The van der Waals surface area contributed by atoms with E-state index in [0.29, 0.717) is 18.8 Å². The SMILES string of the molecule is O=C(Oc1ccccc1)N1CCN([N+](=O)[O-])CC1. The highest BCUT2D eigenvalue weighted by molar-refractivity contribution is 5.70. The first-order valence-electron chi connectivity index (χ1n) is 5.58. The molecule has 18 heavy (non-hydrogen) atoms. The van der Waals surface area contributed by atoms with Crippen molar-refractivity contribution in [3.63, 3.8) is 0 Å². The van der Waals surface area contributed by atoms with Crippen LogP contribution in [0.2, 0.25) is 0 Å². The van der Waals surface area contributed by atoms with Crippen LogP contribution in [0.5, 0.6) is 5.75 Å². The number of hydrogen-bond acceptors (Lipinski definition) is 4. The molecule has 96 valence electrons. The summed E-state index contributed by atoms with van der Waals surface area (Å²) in [5, 5.41) is 11.2. The Kier molecular flexibility index (Phi) is 3.61. The van der Waals surface area contributed by atoms with Crippen molar-refractivity contribution in [1.82, 2.24) is 9.91 Å². The van der Waals surface area contributed by atoms with Gasteiger partial charge in [0, 0.05) is 13.1 Å². The van der Waals surface area contributed by atoms with Gasteiger partial charge in [-0.3, -0.25) is 0 Å². The summed E-state index contributed by atoms with van der Waals surface area (Å²) < 4.78 is 5.15. The van der Waals surface area contributed by atoms with E-state index in [0.717, 1.165) is 5.01 Å². The van der Waals surface area contributed by atoms with Crippen LogP contribution in [0.1, 0.15) is 0 Å². The maximum Gasteiger partial charge on any atom is 0.415 e. The van der Waals surface area contributed by atoms with Gasteiger partial charge in [0.2, 0.25) is 0 Å². The number of nitro groups is 1. The Morgan fingerprint density at radius 1 is 1.17 bits per heavy atom. The molecule has 0 spiro atoms. The second kappa shape index (κ2) is 5.35. The molecule has 7 heteroatoms. The number of hydrogen-bond donors (Lipinski definition) is 0. The zero-order valence-electron chi connectivity index (χ0n) is 9.69. The van der Waals surface area contributed by atoms with Crippen LogP contribution < -0.4 is 4.74 Å². The van der Waals surface area contributed by atoms with E-state index in [-0.39, 0.29) is 13.1 Å². The highest BCUT2D eigenvalue weighted by atomic mass is 16.7. The van der Waals surface area contributed by atoms with Crippen molar-refractivity contribution in [1.29, 1.82) is 0 Å². The van der Waals surface area contributed by atoms with Crippen LogP contribution in [0.15, 0.2) is 30.3 Å². The molecule has 0 N–H and O–H groups in total. The number of benzene rings is 1. The van der Waals surface area contributed by atoms with Crippen molar-refractivity contribution in [3.8, 4) is 5.75 Å². The fourth-order valence-corrected chi connectivity index (χ4v) is 1.70. The molecule has 1 aliphatic rings. The van der Waals surface area contributed by atoms with Gasteiger partial charge >= 0.3 is 6.09 Å². The molecule has 0 bridgehead atoms. The minimum Gasteiger partial charge on any atom is -0.410 e. The number of ether oxygens (including phenoxy) is 1. The highest BCUT2D eigenvalue weighted by Crippen LogP contribution is 2.11. The molecule has 1 aromatic rings. The van der Waals surface area contributed by atoms with Crippen molar-refractivity contribution in [2.45, 2.75) is 0 Å². The van der Waals surface area contributed by atoms with E-state index in [1.54, 1.807) is 24.3 Å². The third-order valence-electron chi connectivity index (χ3n) is 2.69. The van der Waals surface area contributed by atoms with Crippen LogP contribution in [-0.4, -0.2) is 47.2 Å².